The Morgan fingerprint density at radius 2 is 2.44 bits per heavy atom. The van der Waals surface area contributed by atoms with Gasteiger partial charge < -0.3 is 14.7 Å². The van der Waals surface area contributed by atoms with Crippen molar-refractivity contribution in [2.24, 2.45) is 0 Å². The molecule has 1 fully saturated rings. The van der Waals surface area contributed by atoms with E-state index in [4.69, 9.17) is 9.84 Å². The third kappa shape index (κ3) is 2.54. The normalized spacial score (nSPS) is 15.1. The quantitative estimate of drug-likeness (QED) is 0.828. The standard InChI is InChI=1S/C11H15NO3S/c1-15-5-4-12(8-2-3-8)9-6-10(11(13)14)16-7-9/h6-8H,2-5H2,1H3,(H,13,14). The number of rotatable bonds is 6. The molecular formula is C11H15NO3S. The third-order valence-corrected chi connectivity index (χ3v) is 3.56. The van der Waals surface area contributed by atoms with Gasteiger partial charge in [-0.25, -0.2) is 4.79 Å². The molecule has 1 heterocycles. The fraction of sp³-hybridized carbons (Fsp3) is 0.545. The van der Waals surface area contributed by atoms with Gasteiger partial charge >= 0.3 is 5.97 Å². The van der Waals surface area contributed by atoms with Crippen LogP contribution >= 0.6 is 11.3 Å². The Hall–Kier alpha value is -1.07. The Balaban J connectivity index is 2.08. The Morgan fingerprint density at radius 3 is 2.94 bits per heavy atom. The summed E-state index contributed by atoms with van der Waals surface area (Å²) in [5, 5.41) is 10.8. The molecule has 0 amide bonds. The summed E-state index contributed by atoms with van der Waals surface area (Å²) in [6.07, 6.45) is 2.39. The topological polar surface area (TPSA) is 49.8 Å². The monoisotopic (exact) mass is 241 g/mol. The Labute approximate surface area is 98.4 Å². The summed E-state index contributed by atoms with van der Waals surface area (Å²) in [6.45, 7) is 1.51. The number of carboxylic acid groups (broad SMARTS) is 1. The lowest BCUT2D eigenvalue weighted by atomic mass is 10.3. The number of hydrogen-bond donors (Lipinski definition) is 1. The number of methoxy groups -OCH3 is 1. The van der Waals surface area contributed by atoms with Gasteiger partial charge in [-0.2, -0.15) is 0 Å². The van der Waals surface area contributed by atoms with Gasteiger partial charge in [0.25, 0.3) is 0 Å². The first-order chi connectivity index (χ1) is 7.72. The number of aromatic carboxylic acids is 1. The van der Waals surface area contributed by atoms with E-state index in [1.807, 2.05) is 5.38 Å². The van der Waals surface area contributed by atoms with Crippen LogP contribution in [-0.4, -0.2) is 37.4 Å². The minimum Gasteiger partial charge on any atom is -0.477 e. The average molecular weight is 241 g/mol. The van der Waals surface area contributed by atoms with E-state index < -0.39 is 5.97 Å². The minimum absolute atomic E-state index is 0.401. The van der Waals surface area contributed by atoms with E-state index in [0.717, 1.165) is 12.2 Å². The van der Waals surface area contributed by atoms with Gasteiger partial charge in [-0.15, -0.1) is 11.3 Å². The first-order valence-electron chi connectivity index (χ1n) is 5.30. The van der Waals surface area contributed by atoms with Crippen LogP contribution in [0.15, 0.2) is 11.4 Å². The number of hydrogen-bond acceptors (Lipinski definition) is 4. The van der Waals surface area contributed by atoms with Crippen molar-refractivity contribution >= 4 is 23.0 Å². The zero-order valence-corrected chi connectivity index (χ0v) is 10.00. The second-order valence-corrected chi connectivity index (χ2v) is 4.80. The molecule has 1 aromatic rings. The molecule has 0 bridgehead atoms. The molecule has 5 heteroatoms. The molecule has 0 saturated heterocycles. The van der Waals surface area contributed by atoms with Crippen LogP contribution in [0.4, 0.5) is 5.69 Å². The molecule has 2 rings (SSSR count). The smallest absolute Gasteiger partial charge is 0.345 e. The molecule has 0 aliphatic heterocycles. The van der Waals surface area contributed by atoms with E-state index in [9.17, 15) is 4.79 Å². The molecule has 1 saturated carbocycles. The lowest BCUT2D eigenvalue weighted by Gasteiger charge is -2.22. The molecule has 0 spiro atoms. The zero-order valence-electron chi connectivity index (χ0n) is 9.18. The lowest BCUT2D eigenvalue weighted by Crippen LogP contribution is -2.28. The maximum atomic E-state index is 10.8. The Morgan fingerprint density at radius 1 is 1.69 bits per heavy atom. The van der Waals surface area contributed by atoms with Crippen LogP contribution in [0.25, 0.3) is 0 Å². The van der Waals surface area contributed by atoms with Crippen LogP contribution in [0.2, 0.25) is 0 Å². The molecule has 0 unspecified atom stereocenters. The molecule has 16 heavy (non-hydrogen) atoms. The van der Waals surface area contributed by atoms with Crippen molar-refractivity contribution in [1.82, 2.24) is 0 Å². The second kappa shape index (κ2) is 4.84. The van der Waals surface area contributed by atoms with Crippen molar-refractivity contribution in [2.45, 2.75) is 18.9 Å². The maximum Gasteiger partial charge on any atom is 0.345 e. The molecule has 1 aromatic heterocycles. The summed E-state index contributed by atoms with van der Waals surface area (Å²) in [5.74, 6) is -0.848. The highest BCUT2D eigenvalue weighted by molar-refractivity contribution is 7.12. The van der Waals surface area contributed by atoms with Crippen LogP contribution in [0.1, 0.15) is 22.5 Å². The van der Waals surface area contributed by atoms with E-state index in [1.165, 1.54) is 24.2 Å². The fourth-order valence-electron chi connectivity index (χ4n) is 1.69. The summed E-state index contributed by atoms with van der Waals surface area (Å²) < 4.78 is 5.07. The van der Waals surface area contributed by atoms with Crippen LogP contribution in [0.5, 0.6) is 0 Å². The average Bonchev–Trinajstić information content (AvgIpc) is 2.96. The molecule has 1 aliphatic rings. The van der Waals surface area contributed by atoms with Gasteiger partial charge in [0.1, 0.15) is 4.88 Å². The molecule has 1 aliphatic carbocycles. The summed E-state index contributed by atoms with van der Waals surface area (Å²) in [6, 6.07) is 2.33. The number of carboxylic acids is 1. The number of thiophene rings is 1. The third-order valence-electron chi connectivity index (χ3n) is 2.65. The predicted octanol–water partition coefficient (Wildman–Crippen LogP) is 2.06. The van der Waals surface area contributed by atoms with Crippen molar-refractivity contribution in [3.05, 3.63) is 16.3 Å². The molecule has 0 aromatic carbocycles. The van der Waals surface area contributed by atoms with E-state index in [1.54, 1.807) is 13.2 Å². The first-order valence-corrected chi connectivity index (χ1v) is 6.17. The fourth-order valence-corrected chi connectivity index (χ4v) is 2.43. The largest absolute Gasteiger partial charge is 0.477 e. The SMILES string of the molecule is COCCN(c1csc(C(=O)O)c1)C1CC1. The number of carbonyl (C=O) groups is 1. The van der Waals surface area contributed by atoms with Gasteiger partial charge in [-0.1, -0.05) is 0 Å². The van der Waals surface area contributed by atoms with Gasteiger partial charge in [0.05, 0.1) is 6.61 Å². The van der Waals surface area contributed by atoms with E-state index in [0.29, 0.717) is 17.5 Å². The van der Waals surface area contributed by atoms with Crippen LogP contribution < -0.4 is 4.90 Å². The van der Waals surface area contributed by atoms with Gasteiger partial charge in [0, 0.05) is 30.8 Å². The Kier molecular flexibility index (Phi) is 3.46. The van der Waals surface area contributed by atoms with Crippen molar-refractivity contribution in [3.8, 4) is 0 Å². The van der Waals surface area contributed by atoms with E-state index >= 15 is 0 Å². The van der Waals surface area contributed by atoms with Crippen LogP contribution in [-0.2, 0) is 4.74 Å². The predicted molar refractivity (Wildman–Crippen MR) is 63.5 cm³/mol. The van der Waals surface area contributed by atoms with Crippen molar-refractivity contribution in [1.29, 1.82) is 0 Å². The van der Waals surface area contributed by atoms with Gasteiger partial charge in [0.2, 0.25) is 0 Å². The molecule has 0 radical (unpaired) electrons. The summed E-state index contributed by atoms with van der Waals surface area (Å²) >= 11 is 1.28. The molecule has 4 nitrogen and oxygen atoms in total. The number of anilines is 1. The van der Waals surface area contributed by atoms with Crippen molar-refractivity contribution in [3.63, 3.8) is 0 Å². The summed E-state index contributed by atoms with van der Waals surface area (Å²) in [7, 11) is 1.68. The number of ether oxygens (including phenoxy) is 1. The van der Waals surface area contributed by atoms with Gasteiger partial charge in [0.15, 0.2) is 0 Å². The highest BCUT2D eigenvalue weighted by Crippen LogP contribution is 2.33. The first kappa shape index (κ1) is 11.4. The number of nitrogens with zero attached hydrogens (tertiary/aromatic N) is 1. The molecule has 88 valence electrons. The molecule has 1 N–H and O–H groups in total. The van der Waals surface area contributed by atoms with Crippen LogP contribution in [0.3, 0.4) is 0 Å². The minimum atomic E-state index is -0.848. The molecule has 0 atom stereocenters. The van der Waals surface area contributed by atoms with Gasteiger partial charge in [-0.3, -0.25) is 0 Å². The lowest BCUT2D eigenvalue weighted by molar-refractivity contribution is 0.0702. The van der Waals surface area contributed by atoms with Crippen molar-refractivity contribution < 1.29 is 14.6 Å². The van der Waals surface area contributed by atoms with E-state index in [2.05, 4.69) is 4.90 Å². The Bertz CT molecular complexity index is 373. The van der Waals surface area contributed by atoms with Gasteiger partial charge in [-0.05, 0) is 18.9 Å². The van der Waals surface area contributed by atoms with Crippen LogP contribution in [0, 0.1) is 0 Å². The maximum absolute atomic E-state index is 10.8. The summed E-state index contributed by atoms with van der Waals surface area (Å²) in [4.78, 5) is 13.4. The summed E-state index contributed by atoms with van der Waals surface area (Å²) in [5.41, 5.74) is 1.02. The second-order valence-electron chi connectivity index (χ2n) is 3.89. The zero-order chi connectivity index (χ0) is 11.5. The van der Waals surface area contributed by atoms with Crippen molar-refractivity contribution in [2.75, 3.05) is 25.2 Å². The van der Waals surface area contributed by atoms with E-state index in [-0.39, 0.29) is 0 Å². The highest BCUT2D eigenvalue weighted by Gasteiger charge is 2.29. The highest BCUT2D eigenvalue weighted by atomic mass is 32.1. The molecular weight excluding hydrogens is 226 g/mol.